The van der Waals surface area contributed by atoms with Crippen LogP contribution in [0.3, 0.4) is 0 Å². The molecule has 0 spiro atoms. The molecule has 1 unspecified atom stereocenters. The van der Waals surface area contributed by atoms with Crippen LogP contribution in [0.5, 0.6) is 0 Å². The van der Waals surface area contributed by atoms with E-state index in [4.69, 9.17) is 15.2 Å². The molecule has 6 heteroatoms. The number of nitrogens with one attached hydrogen (secondary N) is 1. The quantitative estimate of drug-likeness (QED) is 0.682. The van der Waals surface area contributed by atoms with Gasteiger partial charge < -0.3 is 20.5 Å². The van der Waals surface area contributed by atoms with Crippen LogP contribution in [-0.4, -0.2) is 31.9 Å². The second-order valence-corrected chi connectivity index (χ2v) is 5.85. The Bertz CT molecular complexity index is 308. The molecule has 1 atom stereocenters. The lowest BCUT2D eigenvalue weighted by molar-refractivity contribution is 0.0338. The maximum Gasteiger partial charge on any atom is 0.407 e. The zero-order chi connectivity index (χ0) is 15.6. The smallest absolute Gasteiger partial charge is 0.407 e. The van der Waals surface area contributed by atoms with Gasteiger partial charge in [-0.2, -0.15) is 0 Å². The summed E-state index contributed by atoms with van der Waals surface area (Å²) in [6.45, 7) is 9.04. The van der Waals surface area contributed by atoms with Crippen LogP contribution < -0.4 is 11.1 Å². The summed E-state index contributed by atoms with van der Waals surface area (Å²) in [5.41, 5.74) is 4.56. The van der Waals surface area contributed by atoms with Crippen LogP contribution in [0.4, 0.5) is 9.59 Å². The Balaban J connectivity index is 4.11. The standard InChI is InChI=1S/C14H28N2O4/c1-5-7-14(4,9-19-12(15)17)10-20-13(18)16-8-6-11(2)3/h11H,5-10H2,1-4H3,(H2,15,17)(H,16,18). The van der Waals surface area contributed by atoms with Crippen LogP contribution >= 0.6 is 0 Å². The van der Waals surface area contributed by atoms with Crippen molar-refractivity contribution in [3.05, 3.63) is 0 Å². The molecule has 118 valence electrons. The van der Waals surface area contributed by atoms with Gasteiger partial charge in [-0.3, -0.25) is 0 Å². The summed E-state index contributed by atoms with van der Waals surface area (Å²) in [4.78, 5) is 22.2. The lowest BCUT2D eigenvalue weighted by atomic mass is 9.87. The summed E-state index contributed by atoms with van der Waals surface area (Å²) < 4.78 is 10.0. The fourth-order valence-electron chi connectivity index (χ4n) is 1.79. The first-order valence-corrected chi connectivity index (χ1v) is 7.12. The lowest BCUT2D eigenvalue weighted by Gasteiger charge is -2.27. The number of alkyl carbamates (subject to hydrolysis) is 1. The van der Waals surface area contributed by atoms with Crippen LogP contribution in [-0.2, 0) is 9.47 Å². The molecule has 0 aliphatic carbocycles. The fraction of sp³-hybridized carbons (Fsp3) is 0.857. The van der Waals surface area contributed by atoms with E-state index in [1.54, 1.807) is 0 Å². The number of carbonyl (C=O) groups excluding carboxylic acids is 2. The van der Waals surface area contributed by atoms with E-state index in [0.717, 1.165) is 19.3 Å². The SMILES string of the molecule is CCCC(C)(COC(N)=O)COC(=O)NCCC(C)C. The van der Waals surface area contributed by atoms with Gasteiger partial charge in [-0.05, 0) is 18.8 Å². The van der Waals surface area contributed by atoms with Crippen molar-refractivity contribution in [3.63, 3.8) is 0 Å². The molecule has 0 saturated heterocycles. The lowest BCUT2D eigenvalue weighted by Crippen LogP contribution is -2.35. The Hall–Kier alpha value is -1.46. The van der Waals surface area contributed by atoms with Gasteiger partial charge in [-0.1, -0.05) is 34.1 Å². The van der Waals surface area contributed by atoms with Gasteiger partial charge in [0.25, 0.3) is 0 Å². The van der Waals surface area contributed by atoms with Gasteiger partial charge in [0.1, 0.15) is 13.2 Å². The Morgan fingerprint density at radius 2 is 1.85 bits per heavy atom. The molecule has 0 aromatic carbocycles. The largest absolute Gasteiger partial charge is 0.449 e. The van der Waals surface area contributed by atoms with E-state index < -0.39 is 17.6 Å². The highest BCUT2D eigenvalue weighted by Gasteiger charge is 2.27. The number of amides is 2. The minimum atomic E-state index is -0.811. The van der Waals surface area contributed by atoms with E-state index in [1.807, 2.05) is 13.8 Å². The molecule has 0 heterocycles. The zero-order valence-electron chi connectivity index (χ0n) is 13.0. The van der Waals surface area contributed by atoms with Gasteiger partial charge in [-0.25, -0.2) is 9.59 Å². The highest BCUT2D eigenvalue weighted by molar-refractivity contribution is 5.67. The fourth-order valence-corrected chi connectivity index (χ4v) is 1.79. The molecule has 0 bridgehead atoms. The number of rotatable bonds is 9. The van der Waals surface area contributed by atoms with Crippen LogP contribution in [0, 0.1) is 11.3 Å². The van der Waals surface area contributed by atoms with Gasteiger partial charge in [0.15, 0.2) is 0 Å². The molecule has 0 aromatic rings. The van der Waals surface area contributed by atoms with E-state index in [2.05, 4.69) is 19.2 Å². The molecule has 0 saturated carbocycles. The van der Waals surface area contributed by atoms with Gasteiger partial charge in [0.05, 0.1) is 0 Å². The van der Waals surface area contributed by atoms with E-state index in [9.17, 15) is 9.59 Å². The average Bonchev–Trinajstić information content (AvgIpc) is 2.34. The van der Waals surface area contributed by atoms with E-state index in [0.29, 0.717) is 12.5 Å². The molecule has 3 N–H and O–H groups in total. The molecular formula is C14H28N2O4. The summed E-state index contributed by atoms with van der Waals surface area (Å²) >= 11 is 0. The van der Waals surface area contributed by atoms with Crippen molar-refractivity contribution in [2.24, 2.45) is 17.1 Å². The number of primary amides is 1. The Morgan fingerprint density at radius 3 is 2.35 bits per heavy atom. The third-order valence-electron chi connectivity index (χ3n) is 2.96. The maximum absolute atomic E-state index is 11.5. The normalized spacial score (nSPS) is 13.7. The predicted molar refractivity (Wildman–Crippen MR) is 77.4 cm³/mol. The van der Waals surface area contributed by atoms with E-state index in [-0.39, 0.29) is 13.2 Å². The van der Waals surface area contributed by atoms with Crippen molar-refractivity contribution in [2.75, 3.05) is 19.8 Å². The Morgan fingerprint density at radius 1 is 1.25 bits per heavy atom. The summed E-state index contributed by atoms with van der Waals surface area (Å²) in [5.74, 6) is 0.532. The van der Waals surface area contributed by atoms with Crippen molar-refractivity contribution in [1.29, 1.82) is 0 Å². The number of nitrogens with two attached hydrogens (primary N) is 1. The van der Waals surface area contributed by atoms with Gasteiger partial charge in [0.2, 0.25) is 0 Å². The zero-order valence-corrected chi connectivity index (χ0v) is 13.0. The third kappa shape index (κ3) is 9.47. The molecule has 0 aromatic heterocycles. The first-order valence-electron chi connectivity index (χ1n) is 7.12. The number of carbonyl (C=O) groups is 2. The van der Waals surface area contributed by atoms with E-state index >= 15 is 0 Å². The maximum atomic E-state index is 11.5. The predicted octanol–water partition coefficient (Wildman–Crippen LogP) is 2.66. The molecule has 0 rings (SSSR count). The molecule has 20 heavy (non-hydrogen) atoms. The average molecular weight is 288 g/mol. The summed E-state index contributed by atoms with van der Waals surface area (Å²) in [7, 11) is 0. The minimum Gasteiger partial charge on any atom is -0.449 e. The highest BCUT2D eigenvalue weighted by Crippen LogP contribution is 2.24. The topological polar surface area (TPSA) is 90.7 Å². The molecular weight excluding hydrogens is 260 g/mol. The second-order valence-electron chi connectivity index (χ2n) is 5.85. The van der Waals surface area contributed by atoms with Crippen LogP contribution in [0.2, 0.25) is 0 Å². The van der Waals surface area contributed by atoms with Crippen molar-refractivity contribution in [3.8, 4) is 0 Å². The summed E-state index contributed by atoms with van der Waals surface area (Å²) in [5, 5.41) is 2.70. The summed E-state index contributed by atoms with van der Waals surface area (Å²) in [6.07, 6.45) is 1.34. The van der Waals surface area contributed by atoms with Gasteiger partial charge in [0, 0.05) is 12.0 Å². The van der Waals surface area contributed by atoms with Crippen molar-refractivity contribution in [2.45, 2.75) is 47.0 Å². The molecule has 6 nitrogen and oxygen atoms in total. The third-order valence-corrected chi connectivity index (χ3v) is 2.96. The summed E-state index contributed by atoms with van der Waals surface area (Å²) in [6, 6.07) is 0. The number of ether oxygens (including phenoxy) is 2. The minimum absolute atomic E-state index is 0.148. The van der Waals surface area contributed by atoms with E-state index in [1.165, 1.54) is 0 Å². The first-order chi connectivity index (χ1) is 9.29. The van der Waals surface area contributed by atoms with Crippen molar-refractivity contribution >= 4 is 12.2 Å². The van der Waals surface area contributed by atoms with Crippen LogP contribution in [0.25, 0.3) is 0 Å². The number of hydrogen-bond donors (Lipinski definition) is 2. The molecule has 0 aliphatic rings. The Labute approximate surface area is 121 Å². The monoisotopic (exact) mass is 288 g/mol. The van der Waals surface area contributed by atoms with Crippen LogP contribution in [0.15, 0.2) is 0 Å². The Kier molecular flexibility index (Phi) is 8.76. The first kappa shape index (κ1) is 18.5. The van der Waals surface area contributed by atoms with Gasteiger partial charge in [-0.15, -0.1) is 0 Å². The highest BCUT2D eigenvalue weighted by atomic mass is 16.6. The van der Waals surface area contributed by atoms with Crippen LogP contribution in [0.1, 0.15) is 47.0 Å². The van der Waals surface area contributed by atoms with Crippen molar-refractivity contribution < 1.29 is 19.1 Å². The molecule has 0 fully saturated rings. The molecule has 0 aliphatic heterocycles. The molecule has 0 radical (unpaired) electrons. The number of hydrogen-bond acceptors (Lipinski definition) is 4. The second kappa shape index (κ2) is 9.44. The van der Waals surface area contributed by atoms with Crippen molar-refractivity contribution in [1.82, 2.24) is 5.32 Å². The molecule has 2 amide bonds. The van der Waals surface area contributed by atoms with Gasteiger partial charge >= 0.3 is 12.2 Å².